The molecule has 0 spiro atoms. The molecule has 6 nitrogen and oxygen atoms in total. The Morgan fingerprint density at radius 3 is 2.77 bits per heavy atom. The molecule has 6 heteroatoms. The van der Waals surface area contributed by atoms with Crippen LogP contribution in [0.5, 0.6) is 0 Å². The molecule has 1 aliphatic rings. The Balaban J connectivity index is 1.51. The lowest BCUT2D eigenvalue weighted by atomic mass is 9.99. The van der Waals surface area contributed by atoms with Crippen LogP contribution < -0.4 is 5.32 Å². The minimum Gasteiger partial charge on any atom is -0.396 e. The van der Waals surface area contributed by atoms with Crippen LogP contribution in [0.1, 0.15) is 34.7 Å². The zero-order valence-corrected chi connectivity index (χ0v) is 15.6. The number of hydrogen-bond donors (Lipinski definition) is 3. The third kappa shape index (κ3) is 4.51. The number of H-pyrrole nitrogens is 1. The monoisotopic (exact) mass is 356 g/mol. The normalized spacial score (nSPS) is 18.0. The molecule has 26 heavy (non-hydrogen) atoms. The fourth-order valence-corrected chi connectivity index (χ4v) is 3.60. The maximum absolute atomic E-state index is 12.3. The maximum atomic E-state index is 12.3. The van der Waals surface area contributed by atoms with Crippen LogP contribution in [0.2, 0.25) is 0 Å². The molecule has 2 heterocycles. The molecule has 1 atom stereocenters. The van der Waals surface area contributed by atoms with Gasteiger partial charge in [-0.3, -0.25) is 4.79 Å². The highest BCUT2D eigenvalue weighted by molar-refractivity contribution is 5.94. The van der Waals surface area contributed by atoms with Gasteiger partial charge in [-0.05, 0) is 51.3 Å². The summed E-state index contributed by atoms with van der Waals surface area (Å²) in [5.41, 5.74) is 3.62. The summed E-state index contributed by atoms with van der Waals surface area (Å²) >= 11 is 0. The molecule has 0 saturated carbocycles. The minimum atomic E-state index is -0.0535. The van der Waals surface area contributed by atoms with E-state index in [1.54, 1.807) is 0 Å². The van der Waals surface area contributed by atoms with Gasteiger partial charge in [-0.25, -0.2) is 4.98 Å². The van der Waals surface area contributed by atoms with Gasteiger partial charge in [-0.15, -0.1) is 0 Å². The predicted molar refractivity (Wildman–Crippen MR) is 102 cm³/mol. The van der Waals surface area contributed by atoms with E-state index in [0.717, 1.165) is 55.3 Å². The Labute approximate surface area is 154 Å². The molecule has 2 aromatic rings. The van der Waals surface area contributed by atoms with Crippen LogP contribution in [0.25, 0.3) is 11.3 Å². The van der Waals surface area contributed by atoms with Crippen LogP contribution in [0.4, 0.5) is 0 Å². The second kappa shape index (κ2) is 8.47. The number of carbonyl (C=O) groups excluding carboxylic acids is 1. The summed E-state index contributed by atoms with van der Waals surface area (Å²) in [6.07, 6.45) is 2.22. The number of rotatable bonds is 6. The number of benzene rings is 1. The van der Waals surface area contributed by atoms with E-state index in [2.05, 4.69) is 20.2 Å². The van der Waals surface area contributed by atoms with Gasteiger partial charge >= 0.3 is 0 Å². The third-order valence-corrected chi connectivity index (χ3v) is 5.00. The van der Waals surface area contributed by atoms with Crippen LogP contribution in [-0.2, 0) is 0 Å². The van der Waals surface area contributed by atoms with Crippen molar-refractivity contribution in [3.05, 3.63) is 41.3 Å². The fraction of sp³-hybridized carbons (Fsp3) is 0.500. The lowest BCUT2D eigenvalue weighted by Crippen LogP contribution is -2.41. The van der Waals surface area contributed by atoms with E-state index in [-0.39, 0.29) is 12.5 Å². The average molecular weight is 356 g/mol. The first-order valence-electron chi connectivity index (χ1n) is 9.32. The van der Waals surface area contributed by atoms with E-state index in [1.807, 2.05) is 38.1 Å². The molecule has 0 aliphatic carbocycles. The maximum Gasteiger partial charge on any atom is 0.251 e. The van der Waals surface area contributed by atoms with Gasteiger partial charge in [0.15, 0.2) is 0 Å². The van der Waals surface area contributed by atoms with Gasteiger partial charge in [-0.1, -0.05) is 12.1 Å². The molecule has 1 aromatic heterocycles. The van der Waals surface area contributed by atoms with Gasteiger partial charge in [0.05, 0.1) is 5.69 Å². The number of piperidine rings is 1. The lowest BCUT2D eigenvalue weighted by molar-refractivity contribution is 0.0930. The fourth-order valence-electron chi connectivity index (χ4n) is 3.60. The van der Waals surface area contributed by atoms with Crippen LogP contribution in [0.3, 0.4) is 0 Å². The zero-order valence-electron chi connectivity index (χ0n) is 15.6. The second-order valence-electron chi connectivity index (χ2n) is 7.12. The molecular weight excluding hydrogens is 328 g/mol. The first-order valence-corrected chi connectivity index (χ1v) is 9.32. The summed E-state index contributed by atoms with van der Waals surface area (Å²) in [6.45, 7) is 7.60. The molecule has 0 unspecified atom stereocenters. The Kier molecular flexibility index (Phi) is 6.06. The summed E-state index contributed by atoms with van der Waals surface area (Å²) in [5, 5.41) is 12.3. The van der Waals surface area contributed by atoms with Gasteiger partial charge in [0.1, 0.15) is 5.82 Å². The van der Waals surface area contributed by atoms with Gasteiger partial charge in [0.2, 0.25) is 0 Å². The highest BCUT2D eigenvalue weighted by Gasteiger charge is 2.18. The van der Waals surface area contributed by atoms with Crippen LogP contribution in [-0.4, -0.2) is 58.7 Å². The van der Waals surface area contributed by atoms with E-state index in [1.165, 1.54) is 0 Å². The molecule has 1 aliphatic heterocycles. The lowest BCUT2D eigenvalue weighted by Gasteiger charge is -2.31. The van der Waals surface area contributed by atoms with Gasteiger partial charge in [0, 0.05) is 43.1 Å². The number of aryl methyl sites for hydroxylation is 2. The van der Waals surface area contributed by atoms with Gasteiger partial charge < -0.3 is 20.3 Å². The van der Waals surface area contributed by atoms with Crippen molar-refractivity contribution in [1.82, 2.24) is 20.2 Å². The molecule has 1 aromatic carbocycles. The van der Waals surface area contributed by atoms with Gasteiger partial charge in [0.25, 0.3) is 5.91 Å². The van der Waals surface area contributed by atoms with Crippen LogP contribution in [0, 0.1) is 19.8 Å². The summed E-state index contributed by atoms with van der Waals surface area (Å²) in [4.78, 5) is 22.3. The molecule has 3 rings (SSSR count). The van der Waals surface area contributed by atoms with E-state index in [4.69, 9.17) is 0 Å². The zero-order chi connectivity index (χ0) is 18.5. The first kappa shape index (κ1) is 18.6. The summed E-state index contributed by atoms with van der Waals surface area (Å²) in [6, 6.07) is 7.57. The number of amides is 1. The van der Waals surface area contributed by atoms with Crippen molar-refractivity contribution in [1.29, 1.82) is 0 Å². The highest BCUT2D eigenvalue weighted by Crippen LogP contribution is 2.21. The summed E-state index contributed by atoms with van der Waals surface area (Å²) < 4.78 is 0. The first-order chi connectivity index (χ1) is 12.6. The number of aromatic nitrogens is 2. The number of likely N-dealkylation sites (tertiary alicyclic amines) is 1. The summed E-state index contributed by atoms with van der Waals surface area (Å²) in [7, 11) is 0. The van der Waals surface area contributed by atoms with Gasteiger partial charge in [-0.2, -0.15) is 0 Å². The number of imidazole rings is 1. The smallest absolute Gasteiger partial charge is 0.251 e. The molecule has 140 valence electrons. The standard InChI is InChI=1S/C20H28N4O2/c1-14-19(23-15(2)22-14)17-5-7-18(8-6-17)20(26)21-9-11-24-10-3-4-16(12-24)13-25/h5-8,16,25H,3-4,9-13H2,1-2H3,(H,21,26)(H,22,23)/t16-/m1/s1. The van der Waals surface area contributed by atoms with E-state index in [0.29, 0.717) is 18.0 Å². The Bertz CT molecular complexity index is 739. The molecule has 1 amide bonds. The number of nitrogens with zero attached hydrogens (tertiary/aromatic N) is 2. The van der Waals surface area contributed by atoms with Crippen molar-refractivity contribution >= 4 is 5.91 Å². The van der Waals surface area contributed by atoms with Crippen LogP contribution in [0.15, 0.2) is 24.3 Å². The quantitative estimate of drug-likeness (QED) is 0.741. The Morgan fingerprint density at radius 2 is 2.12 bits per heavy atom. The molecule has 1 fully saturated rings. The predicted octanol–water partition coefficient (Wildman–Crippen LogP) is 2.13. The van der Waals surface area contributed by atoms with Crippen molar-refractivity contribution in [3.63, 3.8) is 0 Å². The van der Waals surface area contributed by atoms with Crippen LogP contribution >= 0.6 is 0 Å². The van der Waals surface area contributed by atoms with E-state index >= 15 is 0 Å². The number of aliphatic hydroxyl groups excluding tert-OH is 1. The highest BCUT2D eigenvalue weighted by atomic mass is 16.3. The number of nitrogens with one attached hydrogen (secondary N) is 2. The minimum absolute atomic E-state index is 0.0535. The average Bonchev–Trinajstić information content (AvgIpc) is 3.00. The van der Waals surface area contributed by atoms with Crippen molar-refractivity contribution < 1.29 is 9.90 Å². The number of hydrogen-bond acceptors (Lipinski definition) is 4. The molecule has 0 radical (unpaired) electrons. The second-order valence-corrected chi connectivity index (χ2v) is 7.12. The largest absolute Gasteiger partial charge is 0.396 e. The number of carbonyl (C=O) groups is 1. The third-order valence-electron chi connectivity index (χ3n) is 5.00. The van der Waals surface area contributed by atoms with Crippen molar-refractivity contribution in [2.75, 3.05) is 32.8 Å². The van der Waals surface area contributed by atoms with Crippen molar-refractivity contribution in [2.24, 2.45) is 5.92 Å². The molecule has 0 bridgehead atoms. The number of aromatic amines is 1. The van der Waals surface area contributed by atoms with Crippen molar-refractivity contribution in [3.8, 4) is 11.3 Å². The Hall–Kier alpha value is -2.18. The SMILES string of the molecule is Cc1nc(-c2ccc(C(=O)NCCN3CCC[C@@H](CO)C3)cc2)c(C)[nH]1. The summed E-state index contributed by atoms with van der Waals surface area (Å²) in [5.74, 6) is 1.21. The van der Waals surface area contributed by atoms with E-state index < -0.39 is 0 Å². The van der Waals surface area contributed by atoms with E-state index in [9.17, 15) is 9.90 Å². The molecule has 1 saturated heterocycles. The van der Waals surface area contributed by atoms with Crippen molar-refractivity contribution in [2.45, 2.75) is 26.7 Å². The topological polar surface area (TPSA) is 81.2 Å². The molecule has 3 N–H and O–H groups in total. The Morgan fingerprint density at radius 1 is 1.35 bits per heavy atom. The molecular formula is C20H28N4O2. The number of aliphatic hydroxyl groups is 1.